The highest BCUT2D eigenvalue weighted by Gasteiger charge is 2.36. The summed E-state index contributed by atoms with van der Waals surface area (Å²) in [6.07, 6.45) is 6.69. The highest BCUT2D eigenvalue weighted by Crippen LogP contribution is 2.45. The van der Waals surface area contributed by atoms with Gasteiger partial charge in [-0.05, 0) is 43.4 Å². The van der Waals surface area contributed by atoms with Crippen molar-refractivity contribution in [2.24, 2.45) is 5.92 Å². The summed E-state index contributed by atoms with van der Waals surface area (Å²) in [5.41, 5.74) is 2.49. The molecule has 0 bridgehead atoms. The number of ether oxygens (including phenoxy) is 2. The standard InChI is InChI=1S/C22H21FN6O3/c1-3-32-21(30)15-10-24-28(12-15)22-26-17-11-25-29(19(17)20(27-22)31-2)18(13-4-5-13)14-6-8-16(23)9-7-14/h6-13,18H,3-5H2,1-2H3. The van der Waals surface area contributed by atoms with Gasteiger partial charge in [-0.1, -0.05) is 12.1 Å². The minimum Gasteiger partial charge on any atom is -0.479 e. The van der Waals surface area contributed by atoms with Crippen LogP contribution in [0.4, 0.5) is 4.39 Å². The van der Waals surface area contributed by atoms with E-state index < -0.39 is 5.97 Å². The van der Waals surface area contributed by atoms with Crippen molar-refractivity contribution in [2.75, 3.05) is 13.7 Å². The lowest BCUT2D eigenvalue weighted by Gasteiger charge is -2.19. The quantitative estimate of drug-likeness (QED) is 0.410. The van der Waals surface area contributed by atoms with Crippen molar-refractivity contribution in [1.29, 1.82) is 0 Å². The Kier molecular flexibility index (Phi) is 5.04. The van der Waals surface area contributed by atoms with Crippen LogP contribution in [0.5, 0.6) is 5.88 Å². The van der Waals surface area contributed by atoms with Gasteiger partial charge in [0.15, 0.2) is 0 Å². The van der Waals surface area contributed by atoms with Crippen LogP contribution in [-0.2, 0) is 4.74 Å². The minimum atomic E-state index is -0.466. The molecule has 1 saturated carbocycles. The molecule has 164 valence electrons. The molecule has 1 aliphatic carbocycles. The summed E-state index contributed by atoms with van der Waals surface area (Å²) in [5, 5.41) is 8.77. The maximum atomic E-state index is 13.5. The Balaban J connectivity index is 1.57. The predicted molar refractivity (Wildman–Crippen MR) is 112 cm³/mol. The molecular formula is C22H21FN6O3. The molecule has 0 N–H and O–H groups in total. The lowest BCUT2D eigenvalue weighted by Crippen LogP contribution is -2.15. The Morgan fingerprint density at radius 2 is 1.97 bits per heavy atom. The first kappa shape index (κ1) is 20.1. The molecule has 4 aromatic rings. The average molecular weight is 436 g/mol. The van der Waals surface area contributed by atoms with E-state index in [2.05, 4.69) is 20.2 Å². The van der Waals surface area contributed by atoms with E-state index >= 15 is 0 Å². The first-order valence-corrected chi connectivity index (χ1v) is 10.4. The van der Waals surface area contributed by atoms with Crippen molar-refractivity contribution in [3.05, 3.63) is 59.8 Å². The van der Waals surface area contributed by atoms with Crippen LogP contribution >= 0.6 is 0 Å². The maximum absolute atomic E-state index is 13.5. The third kappa shape index (κ3) is 3.57. The molecule has 0 radical (unpaired) electrons. The normalized spacial score (nSPS) is 14.5. The van der Waals surface area contributed by atoms with Gasteiger partial charge >= 0.3 is 5.97 Å². The van der Waals surface area contributed by atoms with Crippen LogP contribution in [0.25, 0.3) is 17.0 Å². The van der Waals surface area contributed by atoms with E-state index in [0.29, 0.717) is 28.4 Å². The first-order chi connectivity index (χ1) is 15.6. The highest BCUT2D eigenvalue weighted by molar-refractivity contribution is 5.88. The van der Waals surface area contributed by atoms with Gasteiger partial charge in [-0.2, -0.15) is 15.2 Å². The zero-order valence-corrected chi connectivity index (χ0v) is 17.6. The lowest BCUT2D eigenvalue weighted by molar-refractivity contribution is 0.0526. The number of nitrogens with zero attached hydrogens (tertiary/aromatic N) is 6. The zero-order valence-electron chi connectivity index (χ0n) is 17.6. The topological polar surface area (TPSA) is 97.0 Å². The number of methoxy groups -OCH3 is 1. The molecule has 1 fully saturated rings. The zero-order chi connectivity index (χ0) is 22.2. The van der Waals surface area contributed by atoms with E-state index in [4.69, 9.17) is 9.47 Å². The van der Waals surface area contributed by atoms with E-state index in [-0.39, 0.29) is 24.4 Å². The number of esters is 1. The molecule has 1 unspecified atom stereocenters. The molecule has 1 aliphatic rings. The summed E-state index contributed by atoms with van der Waals surface area (Å²) in [6, 6.07) is 6.42. The molecule has 0 saturated heterocycles. The number of fused-ring (bicyclic) bond motifs is 1. The number of rotatable bonds is 7. The Hall–Kier alpha value is -3.82. The van der Waals surface area contributed by atoms with Gasteiger partial charge in [0.1, 0.15) is 16.9 Å². The Labute approximate surface area is 182 Å². The van der Waals surface area contributed by atoms with E-state index in [1.54, 1.807) is 25.3 Å². The van der Waals surface area contributed by atoms with Gasteiger partial charge in [0.2, 0.25) is 5.88 Å². The largest absolute Gasteiger partial charge is 0.479 e. The highest BCUT2D eigenvalue weighted by atomic mass is 19.1. The molecule has 10 heteroatoms. The summed E-state index contributed by atoms with van der Waals surface area (Å²) < 4.78 is 27.3. The first-order valence-electron chi connectivity index (χ1n) is 10.4. The molecule has 0 amide bonds. The second-order valence-corrected chi connectivity index (χ2v) is 7.58. The van der Waals surface area contributed by atoms with E-state index in [1.165, 1.54) is 36.3 Å². The van der Waals surface area contributed by atoms with Gasteiger partial charge in [-0.15, -0.1) is 0 Å². The SMILES string of the molecule is CCOC(=O)c1cnn(-c2nc(OC)c3c(cnn3C(c3ccc(F)cc3)C3CC3)n2)c1. The summed E-state index contributed by atoms with van der Waals surface area (Å²) in [5.74, 6) is 0.232. The third-order valence-electron chi connectivity index (χ3n) is 5.44. The van der Waals surface area contributed by atoms with Crippen LogP contribution in [0.15, 0.2) is 42.9 Å². The van der Waals surface area contributed by atoms with Crippen LogP contribution in [0, 0.1) is 11.7 Å². The average Bonchev–Trinajstić information content (AvgIpc) is 3.34. The van der Waals surface area contributed by atoms with Crippen molar-refractivity contribution in [1.82, 2.24) is 29.5 Å². The lowest BCUT2D eigenvalue weighted by atomic mass is 10.0. The minimum absolute atomic E-state index is 0.0726. The number of carbonyl (C=O) groups excluding carboxylic acids is 1. The van der Waals surface area contributed by atoms with Crippen LogP contribution in [0.2, 0.25) is 0 Å². The Morgan fingerprint density at radius 1 is 1.19 bits per heavy atom. The second-order valence-electron chi connectivity index (χ2n) is 7.58. The van der Waals surface area contributed by atoms with Crippen LogP contribution in [0.3, 0.4) is 0 Å². The van der Waals surface area contributed by atoms with Crippen molar-refractivity contribution in [2.45, 2.75) is 25.8 Å². The van der Waals surface area contributed by atoms with Crippen molar-refractivity contribution in [3.63, 3.8) is 0 Å². The summed E-state index contributed by atoms with van der Waals surface area (Å²) in [7, 11) is 1.53. The van der Waals surface area contributed by atoms with Crippen LogP contribution in [0.1, 0.15) is 41.7 Å². The van der Waals surface area contributed by atoms with Crippen molar-refractivity contribution in [3.8, 4) is 11.8 Å². The predicted octanol–water partition coefficient (Wildman–Crippen LogP) is 3.34. The smallest absolute Gasteiger partial charge is 0.341 e. The number of aromatic nitrogens is 6. The molecule has 1 aromatic carbocycles. The monoisotopic (exact) mass is 436 g/mol. The van der Waals surface area contributed by atoms with Crippen LogP contribution in [-0.4, -0.2) is 49.2 Å². The van der Waals surface area contributed by atoms with Gasteiger partial charge in [0.25, 0.3) is 5.95 Å². The molecule has 5 rings (SSSR count). The summed E-state index contributed by atoms with van der Waals surface area (Å²) in [4.78, 5) is 21.0. The number of hydrogen-bond acceptors (Lipinski definition) is 7. The summed E-state index contributed by atoms with van der Waals surface area (Å²) in [6.45, 7) is 2.01. The van der Waals surface area contributed by atoms with Gasteiger partial charge in [-0.3, -0.25) is 0 Å². The third-order valence-corrected chi connectivity index (χ3v) is 5.44. The van der Waals surface area contributed by atoms with Crippen LogP contribution < -0.4 is 4.74 Å². The molecular weight excluding hydrogens is 415 g/mol. The fraction of sp³-hybridized carbons (Fsp3) is 0.318. The van der Waals surface area contributed by atoms with Crippen molar-refractivity contribution < 1.29 is 18.7 Å². The molecule has 1 atom stereocenters. The maximum Gasteiger partial charge on any atom is 0.341 e. The van der Waals surface area contributed by atoms with E-state index in [9.17, 15) is 9.18 Å². The molecule has 0 aliphatic heterocycles. The number of halogens is 1. The van der Waals surface area contributed by atoms with E-state index in [0.717, 1.165) is 18.4 Å². The van der Waals surface area contributed by atoms with Crippen molar-refractivity contribution >= 4 is 17.0 Å². The molecule has 3 aromatic heterocycles. The Bertz CT molecular complexity index is 1280. The second kappa shape index (κ2) is 8.03. The van der Waals surface area contributed by atoms with Gasteiger partial charge in [0, 0.05) is 6.20 Å². The fourth-order valence-corrected chi connectivity index (χ4v) is 3.81. The molecule has 3 heterocycles. The Morgan fingerprint density at radius 3 is 2.66 bits per heavy atom. The molecule has 9 nitrogen and oxygen atoms in total. The number of hydrogen-bond donors (Lipinski definition) is 0. The number of carbonyl (C=O) groups is 1. The van der Waals surface area contributed by atoms with Gasteiger partial charge in [0.05, 0.1) is 37.7 Å². The van der Waals surface area contributed by atoms with Gasteiger partial charge in [-0.25, -0.2) is 23.5 Å². The van der Waals surface area contributed by atoms with Gasteiger partial charge < -0.3 is 9.47 Å². The van der Waals surface area contributed by atoms with E-state index in [1.807, 2.05) is 4.68 Å². The summed E-state index contributed by atoms with van der Waals surface area (Å²) >= 11 is 0. The molecule has 32 heavy (non-hydrogen) atoms. The number of benzene rings is 1. The molecule has 0 spiro atoms. The fourth-order valence-electron chi connectivity index (χ4n) is 3.81.